The molecular weight excluding hydrogens is 400 g/mol. The van der Waals surface area contributed by atoms with E-state index < -0.39 is 90.4 Å². The molecule has 0 amide bonds. The minimum atomic E-state index is -4.85. The Morgan fingerprint density at radius 3 is 1.26 bits per heavy atom. The maximum absolute atomic E-state index is 8.59. The van der Waals surface area contributed by atoms with Crippen molar-refractivity contribution >= 4 is 0 Å². The van der Waals surface area contributed by atoms with E-state index in [1.54, 1.807) is 0 Å². The Morgan fingerprint density at radius 1 is 0.484 bits per heavy atom. The standard InChI is InChI=1S/C24H50O7/c1-2-3-4-5-6-7-8-9-10-11-13-26-15-17-28-19-21-30-23-24-31-22-20-29-18-16-27-14-12-25/h25H,2-24H2,1H3/i1D3,2D2,3D2,4D2,5D2,6D2,7D2,8D2,9D2,10D2,11D2,13D2. The molecule has 188 valence electrons. The molecule has 7 nitrogen and oxygen atoms in total. The first-order valence-electron chi connectivity index (χ1n) is 21.9. The van der Waals surface area contributed by atoms with Crippen molar-refractivity contribution in [1.29, 1.82) is 0 Å². The molecule has 1 N–H and O–H groups in total. The Morgan fingerprint density at radius 2 is 0.839 bits per heavy atom. The second kappa shape index (κ2) is 29.7. The average molecular weight is 476 g/mol. The molecule has 0 aliphatic heterocycles. The molecule has 0 aromatic carbocycles. The molecule has 0 heterocycles. The zero-order chi connectivity index (χ0) is 44.7. The summed E-state index contributed by atoms with van der Waals surface area (Å²) in [6, 6.07) is 0. The van der Waals surface area contributed by atoms with Crippen LogP contribution in [0.25, 0.3) is 0 Å². The summed E-state index contributed by atoms with van der Waals surface area (Å²) >= 11 is 0. The Bertz CT molecular complexity index is 1190. The highest BCUT2D eigenvalue weighted by atomic mass is 16.6. The van der Waals surface area contributed by atoms with Crippen LogP contribution in [0.15, 0.2) is 0 Å². The van der Waals surface area contributed by atoms with Crippen LogP contribution in [-0.2, 0) is 28.4 Å². The number of rotatable bonds is 28. The first kappa shape index (κ1) is 9.06. The Labute approximate surface area is 226 Å². The fourth-order valence-corrected chi connectivity index (χ4v) is 1.51. The van der Waals surface area contributed by atoms with Gasteiger partial charge in [-0.3, -0.25) is 0 Å². The van der Waals surface area contributed by atoms with Gasteiger partial charge in [0.25, 0.3) is 0 Å². The quantitative estimate of drug-likeness (QED) is 0.171. The molecule has 0 bridgehead atoms. The predicted molar refractivity (Wildman–Crippen MR) is 124 cm³/mol. The summed E-state index contributed by atoms with van der Waals surface area (Å²) in [5.74, 6) is 0. The molecule has 0 saturated carbocycles. The first-order chi connectivity index (χ1) is 24.8. The van der Waals surface area contributed by atoms with Gasteiger partial charge in [0.15, 0.2) is 0 Å². The Hall–Kier alpha value is -0.280. The van der Waals surface area contributed by atoms with Crippen molar-refractivity contribution in [2.24, 2.45) is 0 Å². The first-order valence-corrected chi connectivity index (χ1v) is 9.45. The van der Waals surface area contributed by atoms with Crippen molar-refractivity contribution in [3.63, 3.8) is 0 Å². The summed E-state index contributed by atoms with van der Waals surface area (Å²) in [6.07, 6.45) is -46.4. The van der Waals surface area contributed by atoms with Crippen molar-refractivity contribution in [2.45, 2.75) is 70.6 Å². The molecule has 7 heteroatoms. The highest BCUT2D eigenvalue weighted by Crippen LogP contribution is 2.10. The van der Waals surface area contributed by atoms with Crippen LogP contribution in [0, 0.1) is 0 Å². The van der Waals surface area contributed by atoms with E-state index in [0.717, 1.165) is 0 Å². The van der Waals surface area contributed by atoms with Gasteiger partial charge in [0.1, 0.15) is 0 Å². The molecule has 0 aromatic heterocycles. The van der Waals surface area contributed by atoms with E-state index in [-0.39, 0.29) is 46.2 Å². The van der Waals surface area contributed by atoms with Gasteiger partial charge in [-0.1, -0.05) is 64.2 Å². The van der Waals surface area contributed by atoms with Gasteiger partial charge in [-0.05, 0) is 6.37 Å². The lowest BCUT2D eigenvalue weighted by atomic mass is 10.1. The smallest absolute Gasteiger partial charge is 0.0701 e. The predicted octanol–water partition coefficient (Wildman–Crippen LogP) is 4.00. The lowest BCUT2D eigenvalue weighted by molar-refractivity contribution is -0.0182. The molecule has 0 fully saturated rings. The molecule has 0 saturated heterocycles. The molecule has 31 heavy (non-hydrogen) atoms. The maximum Gasteiger partial charge on any atom is 0.0701 e. The highest BCUT2D eigenvalue weighted by molar-refractivity contribution is 4.47. The van der Waals surface area contributed by atoms with Crippen molar-refractivity contribution in [3.05, 3.63) is 0 Å². The van der Waals surface area contributed by atoms with Crippen LogP contribution in [0.5, 0.6) is 0 Å². The van der Waals surface area contributed by atoms with Crippen LogP contribution in [0.4, 0.5) is 0 Å². The van der Waals surface area contributed by atoms with E-state index in [1.165, 1.54) is 0 Å². The molecule has 0 atom stereocenters. The van der Waals surface area contributed by atoms with Crippen LogP contribution in [-0.4, -0.2) is 90.9 Å². The van der Waals surface area contributed by atoms with Crippen LogP contribution in [0.2, 0.25) is 0 Å². The van der Waals surface area contributed by atoms with E-state index >= 15 is 0 Å². The second-order valence-corrected chi connectivity index (χ2v) is 4.99. The zero-order valence-electron chi connectivity index (χ0n) is 42.4. The number of aliphatic hydroxyl groups excluding tert-OH is 1. The zero-order valence-corrected chi connectivity index (χ0v) is 17.4. The van der Waals surface area contributed by atoms with Gasteiger partial charge in [0, 0.05) is 38.1 Å². The van der Waals surface area contributed by atoms with E-state index in [2.05, 4.69) is 0 Å². The Kier molecular flexibility index (Phi) is 8.69. The minimum absolute atomic E-state index is 0.0136. The third kappa shape index (κ3) is 29.7. The summed E-state index contributed by atoms with van der Waals surface area (Å²) in [7, 11) is 0. The molecule has 0 rings (SSSR count). The van der Waals surface area contributed by atoms with E-state index in [4.69, 9.17) is 67.8 Å². The summed E-state index contributed by atoms with van der Waals surface area (Å²) in [4.78, 5) is 0. The summed E-state index contributed by atoms with van der Waals surface area (Å²) in [6.45, 7) is -7.55. The maximum atomic E-state index is 8.59. The molecule has 0 aromatic rings. The van der Waals surface area contributed by atoms with E-state index in [1.807, 2.05) is 0 Å². The van der Waals surface area contributed by atoms with Crippen LogP contribution >= 0.6 is 0 Å². The van der Waals surface area contributed by atoms with E-state index in [0.29, 0.717) is 19.8 Å². The van der Waals surface area contributed by atoms with Crippen molar-refractivity contribution < 1.29 is 67.8 Å². The SMILES string of the molecule is [2H]C([2H])([2H])C([2H])([2H])C([2H])([2H])C([2H])([2H])C([2H])([2H])C([2H])([2H])C([2H])([2H])C([2H])([2H])C([2H])([2H])C([2H])([2H])C([2H])([2H])C([2H])([2H])OCCOCCOCCOCCOCCOCCO. The summed E-state index contributed by atoms with van der Waals surface area (Å²) in [5, 5.41) is 8.59. The highest BCUT2D eigenvalue weighted by Gasteiger charge is 1.95. The van der Waals surface area contributed by atoms with Gasteiger partial charge in [0.2, 0.25) is 0 Å². The van der Waals surface area contributed by atoms with Gasteiger partial charge >= 0.3 is 0 Å². The molecular formula is C24H50O7. The third-order valence-electron chi connectivity index (χ3n) is 2.74. The minimum Gasteiger partial charge on any atom is -0.394 e. The summed E-state index contributed by atoms with van der Waals surface area (Å²) in [5.41, 5.74) is 0. The van der Waals surface area contributed by atoms with Crippen LogP contribution in [0.1, 0.15) is 105 Å². The van der Waals surface area contributed by atoms with Crippen LogP contribution in [0.3, 0.4) is 0 Å². The number of aliphatic hydroxyl groups is 1. The molecule has 0 spiro atoms. The Balaban J connectivity index is 5.74. The fourth-order valence-electron chi connectivity index (χ4n) is 1.51. The largest absolute Gasteiger partial charge is 0.394 e. The second-order valence-electron chi connectivity index (χ2n) is 4.99. The topological polar surface area (TPSA) is 75.6 Å². The molecule has 0 unspecified atom stereocenters. The number of hydrogen-bond acceptors (Lipinski definition) is 7. The van der Waals surface area contributed by atoms with Gasteiger partial charge in [-0.2, -0.15) is 0 Å². The van der Waals surface area contributed by atoms with Gasteiger partial charge < -0.3 is 33.5 Å². The van der Waals surface area contributed by atoms with E-state index in [9.17, 15) is 0 Å². The monoisotopic (exact) mass is 476 g/mol. The van der Waals surface area contributed by atoms with Gasteiger partial charge in [0.05, 0.1) is 82.0 Å². The van der Waals surface area contributed by atoms with Gasteiger partial charge in [-0.15, -0.1) is 0 Å². The van der Waals surface area contributed by atoms with Crippen molar-refractivity contribution in [1.82, 2.24) is 0 Å². The fraction of sp³-hybridized carbons (Fsp3) is 1.00. The van der Waals surface area contributed by atoms with Crippen molar-refractivity contribution in [2.75, 3.05) is 85.8 Å². The van der Waals surface area contributed by atoms with Gasteiger partial charge in [-0.25, -0.2) is 0 Å². The lowest BCUT2D eigenvalue weighted by Crippen LogP contribution is -2.14. The average Bonchev–Trinajstić information content (AvgIpc) is 3.04. The molecule has 0 aliphatic carbocycles. The molecule has 0 radical (unpaired) electrons. The summed E-state index contributed by atoms with van der Waals surface area (Å²) < 4.78 is 230. The van der Waals surface area contributed by atoms with Crippen LogP contribution < -0.4 is 0 Å². The molecule has 0 aliphatic rings. The normalized spacial score (nSPS) is 28.9. The number of hydrogen-bond donors (Lipinski definition) is 1. The lowest BCUT2D eigenvalue weighted by Gasteiger charge is -2.08. The third-order valence-corrected chi connectivity index (χ3v) is 2.74. The van der Waals surface area contributed by atoms with Crippen molar-refractivity contribution in [3.8, 4) is 0 Å². The number of ether oxygens (including phenoxy) is 6.